The second kappa shape index (κ2) is 4.19. The molecule has 0 heterocycles. The van der Waals surface area contributed by atoms with Crippen LogP contribution < -0.4 is 4.90 Å². The third-order valence-corrected chi connectivity index (χ3v) is 2.13. The average molecular weight is 211 g/mol. The van der Waals surface area contributed by atoms with Crippen LogP contribution in [-0.2, 0) is 6.42 Å². The van der Waals surface area contributed by atoms with Crippen molar-refractivity contribution in [1.82, 2.24) is 0 Å². The molecule has 0 atom stereocenters. The maximum atomic E-state index is 13.6. The minimum Gasteiger partial charge on any atom is -0.390 e. The molecule has 0 fully saturated rings. The van der Waals surface area contributed by atoms with E-state index in [0.717, 1.165) is 5.56 Å². The van der Waals surface area contributed by atoms with Crippen molar-refractivity contribution in [2.24, 2.45) is 0 Å². The van der Waals surface area contributed by atoms with E-state index in [1.165, 1.54) is 6.07 Å². The monoisotopic (exact) mass is 211 g/mol. The zero-order valence-corrected chi connectivity index (χ0v) is 9.71. The molecular formula is C12H18FNO. The lowest BCUT2D eigenvalue weighted by Gasteiger charge is -2.18. The molecular weight excluding hydrogens is 193 g/mol. The number of rotatable bonds is 3. The van der Waals surface area contributed by atoms with Crippen molar-refractivity contribution < 1.29 is 9.50 Å². The van der Waals surface area contributed by atoms with Gasteiger partial charge in [-0.25, -0.2) is 4.39 Å². The van der Waals surface area contributed by atoms with E-state index in [1.807, 2.05) is 6.07 Å². The van der Waals surface area contributed by atoms with Crippen molar-refractivity contribution in [1.29, 1.82) is 0 Å². The van der Waals surface area contributed by atoms with Crippen LogP contribution in [0.15, 0.2) is 18.2 Å². The van der Waals surface area contributed by atoms with E-state index in [-0.39, 0.29) is 5.82 Å². The predicted octanol–water partition coefficient (Wildman–Crippen LogP) is 2.21. The summed E-state index contributed by atoms with van der Waals surface area (Å²) < 4.78 is 13.6. The molecule has 2 nitrogen and oxygen atoms in total. The number of aliphatic hydroxyl groups is 1. The summed E-state index contributed by atoms with van der Waals surface area (Å²) in [5.74, 6) is -0.248. The number of benzene rings is 1. The van der Waals surface area contributed by atoms with Gasteiger partial charge < -0.3 is 10.0 Å². The van der Waals surface area contributed by atoms with Crippen LogP contribution in [0.25, 0.3) is 0 Å². The summed E-state index contributed by atoms with van der Waals surface area (Å²) in [5.41, 5.74) is 0.576. The molecule has 1 rings (SSSR count). The molecule has 0 unspecified atom stereocenters. The lowest BCUT2D eigenvalue weighted by atomic mass is 9.98. The Morgan fingerprint density at radius 2 is 1.93 bits per heavy atom. The summed E-state index contributed by atoms with van der Waals surface area (Å²) >= 11 is 0. The molecule has 0 spiro atoms. The first-order valence-electron chi connectivity index (χ1n) is 4.98. The van der Waals surface area contributed by atoms with Crippen molar-refractivity contribution in [3.8, 4) is 0 Å². The third-order valence-electron chi connectivity index (χ3n) is 2.13. The van der Waals surface area contributed by atoms with Crippen LogP contribution in [0.1, 0.15) is 19.4 Å². The topological polar surface area (TPSA) is 23.5 Å². The fraction of sp³-hybridized carbons (Fsp3) is 0.500. The van der Waals surface area contributed by atoms with Crippen molar-refractivity contribution >= 4 is 5.69 Å². The van der Waals surface area contributed by atoms with E-state index < -0.39 is 5.60 Å². The molecule has 0 aromatic heterocycles. The van der Waals surface area contributed by atoms with Crippen LogP contribution in [0, 0.1) is 5.82 Å². The van der Waals surface area contributed by atoms with Gasteiger partial charge in [-0.1, -0.05) is 6.07 Å². The Labute approximate surface area is 90.3 Å². The largest absolute Gasteiger partial charge is 0.390 e. The minimum atomic E-state index is -0.800. The Morgan fingerprint density at radius 3 is 2.33 bits per heavy atom. The van der Waals surface area contributed by atoms with Crippen molar-refractivity contribution in [3.63, 3.8) is 0 Å². The minimum absolute atomic E-state index is 0.248. The van der Waals surface area contributed by atoms with E-state index in [1.54, 1.807) is 38.9 Å². The highest BCUT2D eigenvalue weighted by molar-refractivity contribution is 5.47. The third kappa shape index (κ3) is 3.51. The first-order chi connectivity index (χ1) is 6.79. The van der Waals surface area contributed by atoms with Gasteiger partial charge in [-0.15, -0.1) is 0 Å². The molecule has 0 aliphatic heterocycles. The first kappa shape index (κ1) is 12.0. The number of hydrogen-bond donors (Lipinski definition) is 1. The summed E-state index contributed by atoms with van der Waals surface area (Å²) in [5, 5.41) is 9.61. The van der Waals surface area contributed by atoms with E-state index in [4.69, 9.17) is 0 Å². The molecule has 0 saturated carbocycles. The van der Waals surface area contributed by atoms with Gasteiger partial charge in [0.2, 0.25) is 0 Å². The quantitative estimate of drug-likeness (QED) is 0.828. The molecule has 0 saturated heterocycles. The molecule has 84 valence electrons. The van der Waals surface area contributed by atoms with E-state index in [0.29, 0.717) is 12.1 Å². The molecule has 15 heavy (non-hydrogen) atoms. The summed E-state index contributed by atoms with van der Waals surface area (Å²) in [4.78, 5) is 1.73. The van der Waals surface area contributed by atoms with E-state index >= 15 is 0 Å². The molecule has 1 aromatic rings. The van der Waals surface area contributed by atoms with Gasteiger partial charge in [0.05, 0.1) is 11.3 Å². The highest BCUT2D eigenvalue weighted by Gasteiger charge is 2.14. The molecule has 1 N–H and O–H groups in total. The molecule has 3 heteroatoms. The average Bonchev–Trinajstić information content (AvgIpc) is 1.99. The van der Waals surface area contributed by atoms with Crippen LogP contribution >= 0.6 is 0 Å². The second-order valence-corrected chi connectivity index (χ2v) is 4.67. The van der Waals surface area contributed by atoms with Gasteiger partial charge in [0.15, 0.2) is 0 Å². The highest BCUT2D eigenvalue weighted by Crippen LogP contribution is 2.20. The van der Waals surface area contributed by atoms with Gasteiger partial charge in [0, 0.05) is 20.5 Å². The Bertz CT molecular complexity index is 342. The predicted molar refractivity (Wildman–Crippen MR) is 60.7 cm³/mol. The lowest BCUT2D eigenvalue weighted by molar-refractivity contribution is 0.0809. The fourth-order valence-electron chi connectivity index (χ4n) is 1.52. The van der Waals surface area contributed by atoms with Crippen LogP contribution in [0.3, 0.4) is 0 Å². The Kier molecular flexibility index (Phi) is 3.35. The van der Waals surface area contributed by atoms with Crippen LogP contribution in [0.2, 0.25) is 0 Å². The highest BCUT2D eigenvalue weighted by atomic mass is 19.1. The molecule has 1 aromatic carbocycles. The maximum Gasteiger partial charge on any atom is 0.146 e. The van der Waals surface area contributed by atoms with Gasteiger partial charge >= 0.3 is 0 Å². The number of nitrogens with zero attached hydrogens (tertiary/aromatic N) is 1. The molecule has 0 aliphatic rings. The van der Waals surface area contributed by atoms with Crippen molar-refractivity contribution in [2.75, 3.05) is 19.0 Å². The number of anilines is 1. The fourth-order valence-corrected chi connectivity index (χ4v) is 1.52. The van der Waals surface area contributed by atoms with E-state index in [2.05, 4.69) is 0 Å². The number of halogens is 1. The SMILES string of the molecule is CN(C)c1ccc(CC(C)(C)O)cc1F. The maximum absolute atomic E-state index is 13.6. The van der Waals surface area contributed by atoms with Gasteiger partial charge in [-0.3, -0.25) is 0 Å². The van der Waals surface area contributed by atoms with Crippen molar-refractivity contribution in [2.45, 2.75) is 25.9 Å². The normalized spacial score (nSPS) is 11.6. The van der Waals surface area contributed by atoms with Gasteiger partial charge in [-0.05, 0) is 31.5 Å². The summed E-state index contributed by atoms with van der Waals surface area (Å²) in [6.07, 6.45) is 0.456. The van der Waals surface area contributed by atoms with Gasteiger partial charge in [0.1, 0.15) is 5.82 Å². The van der Waals surface area contributed by atoms with Crippen LogP contribution in [-0.4, -0.2) is 24.8 Å². The van der Waals surface area contributed by atoms with Crippen molar-refractivity contribution in [3.05, 3.63) is 29.6 Å². The van der Waals surface area contributed by atoms with E-state index in [9.17, 15) is 9.50 Å². The Hall–Kier alpha value is -1.09. The smallest absolute Gasteiger partial charge is 0.146 e. The molecule has 0 radical (unpaired) electrons. The molecule has 0 bridgehead atoms. The molecule has 0 amide bonds. The standard InChI is InChI=1S/C12H18FNO/c1-12(2,15)8-9-5-6-11(14(3)4)10(13)7-9/h5-7,15H,8H2,1-4H3. The zero-order chi connectivity index (χ0) is 11.6. The van der Waals surface area contributed by atoms with Crippen LogP contribution in [0.5, 0.6) is 0 Å². The van der Waals surface area contributed by atoms with Crippen LogP contribution in [0.4, 0.5) is 10.1 Å². The first-order valence-corrected chi connectivity index (χ1v) is 4.98. The number of hydrogen-bond acceptors (Lipinski definition) is 2. The second-order valence-electron chi connectivity index (χ2n) is 4.67. The lowest BCUT2D eigenvalue weighted by Crippen LogP contribution is -2.22. The zero-order valence-electron chi connectivity index (χ0n) is 9.71. The van der Waals surface area contributed by atoms with Gasteiger partial charge in [0.25, 0.3) is 0 Å². The Balaban J connectivity index is 2.92. The summed E-state index contributed by atoms with van der Waals surface area (Å²) in [7, 11) is 3.60. The molecule has 0 aliphatic carbocycles. The Morgan fingerprint density at radius 1 is 1.33 bits per heavy atom. The summed E-state index contributed by atoms with van der Waals surface area (Å²) in [6, 6.07) is 5.06. The summed E-state index contributed by atoms with van der Waals surface area (Å²) in [6.45, 7) is 3.43. The van der Waals surface area contributed by atoms with Gasteiger partial charge in [-0.2, -0.15) is 0 Å².